The molecule has 1 atom stereocenters. The molecule has 0 bridgehead atoms. The van der Waals surface area contributed by atoms with Gasteiger partial charge in [0.25, 0.3) is 0 Å². The molecule has 5 heteroatoms. The zero-order valence-corrected chi connectivity index (χ0v) is 10.7. The molecule has 2 nitrogen and oxygen atoms in total. The van der Waals surface area contributed by atoms with Crippen LogP contribution in [0.1, 0.15) is 16.5 Å². The lowest BCUT2D eigenvalue weighted by Crippen LogP contribution is -2.12. The van der Waals surface area contributed by atoms with E-state index in [-0.39, 0.29) is 6.04 Å². The minimum absolute atomic E-state index is 0.0739. The van der Waals surface area contributed by atoms with Crippen molar-refractivity contribution in [3.8, 4) is 0 Å². The fourth-order valence-corrected chi connectivity index (χ4v) is 2.38. The van der Waals surface area contributed by atoms with E-state index in [2.05, 4.69) is 4.98 Å². The van der Waals surface area contributed by atoms with Gasteiger partial charge < -0.3 is 5.73 Å². The van der Waals surface area contributed by atoms with E-state index in [1.807, 2.05) is 18.3 Å². The molecule has 0 spiro atoms. The second kappa shape index (κ2) is 5.15. The minimum Gasteiger partial charge on any atom is -0.324 e. The van der Waals surface area contributed by atoms with Gasteiger partial charge in [-0.1, -0.05) is 29.3 Å². The molecule has 0 amide bonds. The Hall–Kier alpha value is -0.610. The predicted octanol–water partition coefficient (Wildman–Crippen LogP) is 3.69. The fraction of sp³-hybridized carbons (Fsp3) is 0.182. The molecule has 0 fully saturated rings. The first-order valence-electron chi connectivity index (χ1n) is 4.74. The number of aromatic nitrogens is 1. The lowest BCUT2D eigenvalue weighted by atomic mass is 10.0. The molecule has 84 valence electrons. The van der Waals surface area contributed by atoms with Gasteiger partial charge >= 0.3 is 0 Å². The van der Waals surface area contributed by atoms with Crippen LogP contribution in [0.5, 0.6) is 0 Å². The van der Waals surface area contributed by atoms with E-state index in [0.717, 1.165) is 12.0 Å². The van der Waals surface area contributed by atoms with E-state index in [9.17, 15) is 0 Å². The summed E-state index contributed by atoms with van der Waals surface area (Å²) in [6.07, 6.45) is 2.60. The van der Waals surface area contributed by atoms with Gasteiger partial charge in [0.1, 0.15) is 0 Å². The third kappa shape index (κ3) is 2.74. The van der Waals surface area contributed by atoms with Crippen LogP contribution < -0.4 is 5.73 Å². The molecule has 2 N–H and O–H groups in total. The lowest BCUT2D eigenvalue weighted by molar-refractivity contribution is 0.729. The van der Waals surface area contributed by atoms with Gasteiger partial charge in [0.2, 0.25) is 0 Å². The fourth-order valence-electron chi connectivity index (χ4n) is 1.42. The molecular weight excluding hydrogens is 263 g/mol. The van der Waals surface area contributed by atoms with Crippen LogP contribution in [0.2, 0.25) is 10.0 Å². The smallest absolute Gasteiger partial charge is 0.0794 e. The van der Waals surface area contributed by atoms with E-state index in [4.69, 9.17) is 28.9 Å². The molecule has 0 aliphatic carbocycles. The van der Waals surface area contributed by atoms with Gasteiger partial charge in [-0.25, -0.2) is 0 Å². The molecule has 0 aliphatic heterocycles. The third-order valence-corrected chi connectivity index (χ3v) is 3.82. The van der Waals surface area contributed by atoms with E-state index in [1.54, 1.807) is 22.9 Å². The van der Waals surface area contributed by atoms with Gasteiger partial charge in [0, 0.05) is 23.5 Å². The van der Waals surface area contributed by atoms with Gasteiger partial charge in [-0.2, -0.15) is 0 Å². The van der Waals surface area contributed by atoms with Crippen LogP contribution >= 0.6 is 34.5 Å². The largest absolute Gasteiger partial charge is 0.324 e. The highest BCUT2D eigenvalue weighted by Gasteiger charge is 2.09. The highest BCUT2D eigenvalue weighted by atomic mass is 35.5. The van der Waals surface area contributed by atoms with Crippen LogP contribution in [0.15, 0.2) is 29.9 Å². The average molecular weight is 273 g/mol. The van der Waals surface area contributed by atoms with Gasteiger partial charge in [-0.05, 0) is 17.7 Å². The van der Waals surface area contributed by atoms with Gasteiger partial charge in [-0.3, -0.25) is 4.98 Å². The number of thiazole rings is 1. The molecule has 0 saturated carbocycles. The second-order valence-electron chi connectivity index (χ2n) is 3.45. The zero-order valence-electron chi connectivity index (χ0n) is 8.36. The van der Waals surface area contributed by atoms with Crippen LogP contribution in [-0.4, -0.2) is 4.98 Å². The number of nitrogens with two attached hydrogens (primary N) is 1. The molecule has 16 heavy (non-hydrogen) atoms. The molecule has 0 aliphatic rings. The van der Waals surface area contributed by atoms with Crippen LogP contribution in [0, 0.1) is 0 Å². The number of hydrogen-bond acceptors (Lipinski definition) is 3. The Labute approximate surface area is 108 Å². The van der Waals surface area contributed by atoms with Crippen molar-refractivity contribution in [3.05, 3.63) is 50.4 Å². The maximum Gasteiger partial charge on any atom is 0.0794 e. The van der Waals surface area contributed by atoms with E-state index >= 15 is 0 Å². The van der Waals surface area contributed by atoms with Crippen molar-refractivity contribution in [3.63, 3.8) is 0 Å². The van der Waals surface area contributed by atoms with Crippen molar-refractivity contribution in [1.82, 2.24) is 4.98 Å². The second-order valence-corrected chi connectivity index (χ2v) is 5.24. The number of rotatable bonds is 3. The molecule has 1 aromatic carbocycles. The Morgan fingerprint density at radius 1 is 1.31 bits per heavy atom. The van der Waals surface area contributed by atoms with Gasteiger partial charge in [0.05, 0.1) is 15.6 Å². The summed E-state index contributed by atoms with van der Waals surface area (Å²) < 4.78 is 0. The summed E-state index contributed by atoms with van der Waals surface area (Å²) in [5, 5.41) is 1.09. The molecule has 1 aromatic heterocycles. The summed E-state index contributed by atoms with van der Waals surface area (Å²) in [7, 11) is 0. The summed E-state index contributed by atoms with van der Waals surface area (Å²) in [5.41, 5.74) is 8.87. The maximum atomic E-state index is 6.08. The average Bonchev–Trinajstić information content (AvgIpc) is 2.74. The Morgan fingerprint density at radius 2 is 2.12 bits per heavy atom. The van der Waals surface area contributed by atoms with E-state index in [1.165, 1.54) is 4.88 Å². The summed E-state index contributed by atoms with van der Waals surface area (Å²) >= 11 is 13.4. The maximum absolute atomic E-state index is 6.08. The van der Waals surface area contributed by atoms with Crippen LogP contribution in [0.25, 0.3) is 0 Å². The Balaban J connectivity index is 2.14. The highest BCUT2D eigenvalue weighted by Crippen LogP contribution is 2.26. The van der Waals surface area contributed by atoms with Crippen molar-refractivity contribution in [2.24, 2.45) is 5.73 Å². The van der Waals surface area contributed by atoms with Crippen molar-refractivity contribution in [2.75, 3.05) is 0 Å². The van der Waals surface area contributed by atoms with Crippen molar-refractivity contribution in [1.29, 1.82) is 0 Å². The van der Waals surface area contributed by atoms with Crippen molar-refractivity contribution < 1.29 is 0 Å². The van der Waals surface area contributed by atoms with Gasteiger partial charge in [-0.15, -0.1) is 11.3 Å². The van der Waals surface area contributed by atoms with Crippen LogP contribution in [0.3, 0.4) is 0 Å². The third-order valence-electron chi connectivity index (χ3n) is 2.28. The summed E-state index contributed by atoms with van der Waals surface area (Å²) in [6, 6.07) is 5.41. The monoisotopic (exact) mass is 272 g/mol. The van der Waals surface area contributed by atoms with Crippen LogP contribution in [0.4, 0.5) is 0 Å². The molecule has 2 rings (SSSR count). The van der Waals surface area contributed by atoms with E-state index in [0.29, 0.717) is 10.0 Å². The summed E-state index contributed by atoms with van der Waals surface area (Å²) in [5.74, 6) is 0. The number of hydrogen-bond donors (Lipinski definition) is 1. The Kier molecular flexibility index (Phi) is 3.82. The van der Waals surface area contributed by atoms with Gasteiger partial charge in [0.15, 0.2) is 0 Å². The lowest BCUT2D eigenvalue weighted by Gasteiger charge is -2.11. The van der Waals surface area contributed by atoms with E-state index < -0.39 is 0 Å². The number of nitrogens with zero attached hydrogens (tertiary/aromatic N) is 1. The SMILES string of the molecule is NC(Cc1cncs1)c1ccc(Cl)c(Cl)c1. The Bertz CT molecular complexity index is 471. The standard InChI is InChI=1S/C11H10Cl2N2S/c12-9-2-1-7(3-10(9)13)11(14)4-8-5-15-6-16-8/h1-3,5-6,11H,4,14H2. The first-order valence-corrected chi connectivity index (χ1v) is 6.38. The van der Waals surface area contributed by atoms with Crippen molar-refractivity contribution >= 4 is 34.5 Å². The molecule has 2 aromatic rings. The molecular formula is C11H10Cl2N2S. The predicted molar refractivity (Wildman–Crippen MR) is 69.2 cm³/mol. The quantitative estimate of drug-likeness (QED) is 0.926. The Morgan fingerprint density at radius 3 is 2.75 bits per heavy atom. The number of benzene rings is 1. The van der Waals surface area contributed by atoms with Crippen LogP contribution in [-0.2, 0) is 6.42 Å². The molecule has 1 heterocycles. The number of halogens is 2. The first-order chi connectivity index (χ1) is 7.66. The van der Waals surface area contributed by atoms with Crippen molar-refractivity contribution in [2.45, 2.75) is 12.5 Å². The minimum atomic E-state index is -0.0739. The summed E-state index contributed by atoms with van der Waals surface area (Å²) in [6.45, 7) is 0. The zero-order chi connectivity index (χ0) is 11.5. The molecule has 0 saturated heterocycles. The molecule has 0 radical (unpaired) electrons. The highest BCUT2D eigenvalue weighted by molar-refractivity contribution is 7.09. The topological polar surface area (TPSA) is 38.9 Å². The molecule has 1 unspecified atom stereocenters. The normalized spacial score (nSPS) is 12.7. The summed E-state index contributed by atoms with van der Waals surface area (Å²) in [4.78, 5) is 5.18. The first kappa shape index (κ1) is 11.9.